The second kappa shape index (κ2) is 5.24. The normalized spacial score (nSPS) is 12.7. The van der Waals surface area contributed by atoms with Crippen LogP contribution in [0.15, 0.2) is 23.1 Å². The molecule has 0 heterocycles. The van der Waals surface area contributed by atoms with Crippen molar-refractivity contribution in [3.05, 3.63) is 24.0 Å². The van der Waals surface area contributed by atoms with Crippen molar-refractivity contribution < 1.29 is 12.8 Å². The van der Waals surface area contributed by atoms with Crippen LogP contribution in [0.2, 0.25) is 0 Å². The molecule has 0 saturated carbocycles. The third-order valence-corrected chi connectivity index (χ3v) is 3.99. The molecule has 3 N–H and O–H groups in total. The lowest BCUT2D eigenvalue weighted by Gasteiger charge is -2.18. The molecule has 1 aromatic rings. The molecule has 0 saturated heterocycles. The van der Waals surface area contributed by atoms with Crippen molar-refractivity contribution in [3.8, 4) is 0 Å². The SMILES string of the molecule is CC(C)(C)CCNS(=O)(=O)c1c(N)cccc1F. The minimum absolute atomic E-state index is 0.00327. The van der Waals surface area contributed by atoms with Gasteiger partial charge in [-0.1, -0.05) is 26.8 Å². The number of rotatable bonds is 4. The predicted octanol–water partition coefficient (Wildman–Crippen LogP) is 2.12. The maximum Gasteiger partial charge on any atom is 0.245 e. The maximum atomic E-state index is 13.5. The van der Waals surface area contributed by atoms with Gasteiger partial charge < -0.3 is 5.73 Å². The van der Waals surface area contributed by atoms with Gasteiger partial charge in [0, 0.05) is 6.54 Å². The van der Waals surface area contributed by atoms with E-state index in [9.17, 15) is 12.8 Å². The highest BCUT2D eigenvalue weighted by Gasteiger charge is 2.22. The summed E-state index contributed by atoms with van der Waals surface area (Å²) in [5.74, 6) is -0.835. The van der Waals surface area contributed by atoms with E-state index in [0.29, 0.717) is 6.42 Å². The summed E-state index contributed by atoms with van der Waals surface area (Å²) in [6.07, 6.45) is 0.653. The van der Waals surface area contributed by atoms with Crippen LogP contribution in [0.4, 0.5) is 10.1 Å². The summed E-state index contributed by atoms with van der Waals surface area (Å²) < 4.78 is 39.7. The minimum Gasteiger partial charge on any atom is -0.398 e. The zero-order valence-corrected chi connectivity index (χ0v) is 11.6. The van der Waals surface area contributed by atoms with E-state index >= 15 is 0 Å². The molecule has 0 atom stereocenters. The lowest BCUT2D eigenvalue weighted by molar-refractivity contribution is 0.378. The van der Waals surface area contributed by atoms with Crippen molar-refractivity contribution in [1.29, 1.82) is 0 Å². The van der Waals surface area contributed by atoms with Crippen molar-refractivity contribution >= 4 is 15.7 Å². The van der Waals surface area contributed by atoms with Crippen LogP contribution in [-0.2, 0) is 10.0 Å². The molecule has 0 spiro atoms. The van der Waals surface area contributed by atoms with Crippen LogP contribution in [0.25, 0.3) is 0 Å². The maximum absolute atomic E-state index is 13.5. The van der Waals surface area contributed by atoms with E-state index in [2.05, 4.69) is 4.72 Å². The average molecular weight is 274 g/mol. The molecule has 6 heteroatoms. The molecule has 0 unspecified atom stereocenters. The van der Waals surface area contributed by atoms with Gasteiger partial charge in [-0.25, -0.2) is 17.5 Å². The average Bonchev–Trinajstić information content (AvgIpc) is 2.13. The number of hydrogen-bond donors (Lipinski definition) is 2. The van der Waals surface area contributed by atoms with Crippen molar-refractivity contribution in [1.82, 2.24) is 4.72 Å². The third kappa shape index (κ3) is 3.96. The van der Waals surface area contributed by atoms with Crippen LogP contribution in [-0.4, -0.2) is 15.0 Å². The Morgan fingerprint density at radius 3 is 2.44 bits per heavy atom. The number of nitrogens with two attached hydrogens (primary N) is 1. The van der Waals surface area contributed by atoms with Crippen LogP contribution in [0.3, 0.4) is 0 Å². The third-order valence-electron chi connectivity index (χ3n) is 2.43. The van der Waals surface area contributed by atoms with Gasteiger partial charge in [0.2, 0.25) is 10.0 Å². The lowest BCUT2D eigenvalue weighted by Crippen LogP contribution is -2.28. The van der Waals surface area contributed by atoms with Gasteiger partial charge in [-0.05, 0) is 24.0 Å². The second-order valence-electron chi connectivity index (χ2n) is 5.37. The Bertz CT molecular complexity index is 501. The van der Waals surface area contributed by atoms with Crippen LogP contribution in [0, 0.1) is 11.2 Å². The zero-order valence-electron chi connectivity index (χ0n) is 10.8. The summed E-state index contributed by atoms with van der Waals surface area (Å²) in [4.78, 5) is -0.473. The molecule has 0 aromatic heterocycles. The van der Waals surface area contributed by atoms with Gasteiger partial charge in [0.15, 0.2) is 0 Å². The van der Waals surface area contributed by atoms with E-state index in [-0.39, 0.29) is 17.6 Å². The molecule has 4 nitrogen and oxygen atoms in total. The Balaban J connectivity index is 2.88. The molecule has 102 valence electrons. The van der Waals surface area contributed by atoms with Crippen LogP contribution in [0.1, 0.15) is 27.2 Å². The van der Waals surface area contributed by atoms with Crippen molar-refractivity contribution in [2.24, 2.45) is 5.41 Å². The number of nitrogen functional groups attached to an aromatic ring is 1. The topological polar surface area (TPSA) is 72.2 Å². The molecule has 0 aliphatic carbocycles. The highest BCUT2D eigenvalue weighted by molar-refractivity contribution is 7.89. The van der Waals surface area contributed by atoms with Crippen LogP contribution >= 0.6 is 0 Å². The lowest BCUT2D eigenvalue weighted by atomic mass is 9.93. The number of halogens is 1. The first-order valence-electron chi connectivity index (χ1n) is 5.67. The zero-order chi connectivity index (χ0) is 14.0. The number of hydrogen-bond acceptors (Lipinski definition) is 3. The molecule has 1 rings (SSSR count). The molecular weight excluding hydrogens is 255 g/mol. The van der Waals surface area contributed by atoms with Crippen molar-refractivity contribution in [2.75, 3.05) is 12.3 Å². The first kappa shape index (κ1) is 14.9. The molecule has 18 heavy (non-hydrogen) atoms. The van der Waals surface area contributed by atoms with Gasteiger partial charge in [-0.3, -0.25) is 0 Å². The van der Waals surface area contributed by atoms with Crippen molar-refractivity contribution in [3.63, 3.8) is 0 Å². The molecule has 0 aliphatic rings. The molecule has 0 amide bonds. The van der Waals surface area contributed by atoms with Crippen LogP contribution in [0.5, 0.6) is 0 Å². The quantitative estimate of drug-likeness (QED) is 0.826. The molecule has 0 aliphatic heterocycles. The molecule has 0 bridgehead atoms. The van der Waals surface area contributed by atoms with Crippen molar-refractivity contribution in [2.45, 2.75) is 32.1 Å². The Morgan fingerprint density at radius 1 is 1.33 bits per heavy atom. The first-order chi connectivity index (χ1) is 8.13. The summed E-state index contributed by atoms with van der Waals surface area (Å²) in [7, 11) is -3.89. The Hall–Kier alpha value is -1.14. The van der Waals surface area contributed by atoms with Gasteiger partial charge in [0.05, 0.1) is 5.69 Å². The van der Waals surface area contributed by atoms with E-state index in [1.54, 1.807) is 0 Å². The Labute approximate surface area is 107 Å². The van der Waals surface area contributed by atoms with Gasteiger partial charge in [-0.15, -0.1) is 0 Å². The number of benzene rings is 1. The fraction of sp³-hybridized carbons (Fsp3) is 0.500. The van der Waals surface area contributed by atoms with E-state index in [1.807, 2.05) is 20.8 Å². The highest BCUT2D eigenvalue weighted by atomic mass is 32.2. The predicted molar refractivity (Wildman–Crippen MR) is 70.1 cm³/mol. The van der Waals surface area contributed by atoms with Gasteiger partial charge in [-0.2, -0.15) is 0 Å². The standard InChI is InChI=1S/C12H19FN2O2S/c1-12(2,3)7-8-15-18(16,17)11-9(13)5-4-6-10(11)14/h4-6,15H,7-8,14H2,1-3H3. The van der Waals surface area contributed by atoms with Gasteiger partial charge in [0.1, 0.15) is 10.7 Å². The number of sulfonamides is 1. The smallest absolute Gasteiger partial charge is 0.245 e. The van der Waals surface area contributed by atoms with Gasteiger partial charge in [0.25, 0.3) is 0 Å². The molecule has 0 fully saturated rings. The Morgan fingerprint density at radius 2 is 1.94 bits per heavy atom. The molecule has 1 aromatic carbocycles. The van der Waals surface area contributed by atoms with E-state index in [4.69, 9.17) is 5.73 Å². The summed E-state index contributed by atoms with van der Waals surface area (Å²) in [5, 5.41) is 0. The fourth-order valence-electron chi connectivity index (χ4n) is 1.44. The Kier molecular flexibility index (Phi) is 4.34. The molecule has 0 radical (unpaired) electrons. The van der Waals surface area contributed by atoms with Crippen LogP contribution < -0.4 is 10.5 Å². The summed E-state index contributed by atoms with van der Waals surface area (Å²) in [6.45, 7) is 6.25. The summed E-state index contributed by atoms with van der Waals surface area (Å²) >= 11 is 0. The van der Waals surface area contributed by atoms with E-state index < -0.39 is 20.7 Å². The van der Waals surface area contributed by atoms with E-state index in [1.165, 1.54) is 12.1 Å². The second-order valence-corrected chi connectivity index (χ2v) is 7.07. The van der Waals surface area contributed by atoms with E-state index in [0.717, 1.165) is 6.07 Å². The minimum atomic E-state index is -3.89. The number of anilines is 1. The highest BCUT2D eigenvalue weighted by Crippen LogP contribution is 2.22. The first-order valence-corrected chi connectivity index (χ1v) is 7.15. The van der Waals surface area contributed by atoms with Gasteiger partial charge >= 0.3 is 0 Å². The molecular formula is C12H19FN2O2S. The monoisotopic (exact) mass is 274 g/mol. The fourth-order valence-corrected chi connectivity index (χ4v) is 2.66. The summed E-state index contributed by atoms with van der Waals surface area (Å²) in [5.41, 5.74) is 5.42. The number of nitrogens with one attached hydrogen (secondary N) is 1. The summed E-state index contributed by atoms with van der Waals surface area (Å²) in [6, 6.07) is 3.81. The largest absolute Gasteiger partial charge is 0.398 e.